The zero-order valence-corrected chi connectivity index (χ0v) is 12.1. The van der Waals surface area contributed by atoms with Gasteiger partial charge in [-0.05, 0) is 43.4 Å². The fourth-order valence-corrected chi connectivity index (χ4v) is 4.17. The van der Waals surface area contributed by atoms with E-state index in [0.717, 1.165) is 18.4 Å². The fraction of sp³-hybridized carbons (Fsp3) is 0.571. The minimum absolute atomic E-state index is 0.145. The van der Waals surface area contributed by atoms with Gasteiger partial charge in [0.2, 0.25) is 10.0 Å². The van der Waals surface area contributed by atoms with Crippen molar-refractivity contribution in [2.75, 3.05) is 6.54 Å². The summed E-state index contributed by atoms with van der Waals surface area (Å²) in [6.45, 7) is 2.24. The van der Waals surface area contributed by atoms with E-state index in [4.69, 9.17) is 5.73 Å². The van der Waals surface area contributed by atoms with Crippen molar-refractivity contribution in [2.45, 2.75) is 43.5 Å². The first kappa shape index (κ1) is 14.5. The number of hydrogen-bond donors (Lipinski definition) is 2. The smallest absolute Gasteiger partial charge is 0.240 e. The van der Waals surface area contributed by atoms with Crippen LogP contribution in [0.25, 0.3) is 0 Å². The van der Waals surface area contributed by atoms with Crippen LogP contribution >= 0.6 is 0 Å². The Kier molecular flexibility index (Phi) is 4.60. The Bertz CT molecular complexity index is 522. The highest BCUT2D eigenvalue weighted by Gasteiger charge is 2.28. The van der Waals surface area contributed by atoms with Crippen molar-refractivity contribution in [1.29, 1.82) is 0 Å². The van der Waals surface area contributed by atoms with Crippen molar-refractivity contribution in [3.63, 3.8) is 0 Å². The maximum Gasteiger partial charge on any atom is 0.240 e. The molecule has 1 atom stereocenters. The Hall–Kier alpha value is -0.910. The molecule has 1 aromatic carbocycles. The second-order valence-electron chi connectivity index (χ2n) is 5.32. The number of sulfonamides is 1. The van der Waals surface area contributed by atoms with E-state index < -0.39 is 10.0 Å². The van der Waals surface area contributed by atoms with E-state index in [1.54, 1.807) is 18.2 Å². The molecule has 1 aliphatic rings. The molecule has 106 valence electrons. The van der Waals surface area contributed by atoms with Gasteiger partial charge in [-0.25, -0.2) is 13.1 Å². The average molecular weight is 282 g/mol. The van der Waals surface area contributed by atoms with Gasteiger partial charge in [0.1, 0.15) is 0 Å². The molecule has 19 heavy (non-hydrogen) atoms. The molecular weight excluding hydrogens is 260 g/mol. The van der Waals surface area contributed by atoms with Gasteiger partial charge in [0.05, 0.1) is 4.90 Å². The molecule has 3 N–H and O–H groups in total. The van der Waals surface area contributed by atoms with Crippen molar-refractivity contribution in [2.24, 2.45) is 11.7 Å². The molecule has 1 unspecified atom stereocenters. The Morgan fingerprint density at radius 3 is 2.63 bits per heavy atom. The Morgan fingerprint density at radius 2 is 2.05 bits per heavy atom. The normalized spacial score (nSPS) is 18.6. The molecule has 0 amide bonds. The molecule has 0 bridgehead atoms. The van der Waals surface area contributed by atoms with E-state index >= 15 is 0 Å². The van der Waals surface area contributed by atoms with Gasteiger partial charge in [0.15, 0.2) is 0 Å². The van der Waals surface area contributed by atoms with Gasteiger partial charge < -0.3 is 5.73 Å². The van der Waals surface area contributed by atoms with Crippen LogP contribution in [0.15, 0.2) is 29.2 Å². The van der Waals surface area contributed by atoms with E-state index in [1.807, 2.05) is 13.0 Å². The number of hydrogen-bond acceptors (Lipinski definition) is 3. The largest absolute Gasteiger partial charge is 0.329 e. The summed E-state index contributed by atoms with van der Waals surface area (Å²) in [6.07, 6.45) is 4.48. The summed E-state index contributed by atoms with van der Waals surface area (Å²) < 4.78 is 27.5. The SMILES string of the molecule is Cc1cccc(S(=O)(=O)NC(CN)C2CCCC2)c1. The summed E-state index contributed by atoms with van der Waals surface area (Å²) >= 11 is 0. The molecule has 4 nitrogen and oxygen atoms in total. The third kappa shape index (κ3) is 3.55. The summed E-state index contributed by atoms with van der Waals surface area (Å²) in [4.78, 5) is 0.323. The van der Waals surface area contributed by atoms with Gasteiger partial charge in [0.25, 0.3) is 0 Å². The highest BCUT2D eigenvalue weighted by Crippen LogP contribution is 2.28. The molecule has 5 heteroatoms. The van der Waals surface area contributed by atoms with Gasteiger partial charge in [-0.1, -0.05) is 25.0 Å². The summed E-state index contributed by atoms with van der Waals surface area (Å²) in [5.41, 5.74) is 6.68. The van der Waals surface area contributed by atoms with Crippen LogP contribution in [0.3, 0.4) is 0 Å². The first-order valence-electron chi connectivity index (χ1n) is 6.82. The molecule has 1 aromatic rings. The lowest BCUT2D eigenvalue weighted by molar-refractivity contribution is 0.405. The predicted octanol–water partition coefficient (Wildman–Crippen LogP) is 1.79. The van der Waals surface area contributed by atoms with Crippen molar-refractivity contribution < 1.29 is 8.42 Å². The second kappa shape index (κ2) is 6.03. The quantitative estimate of drug-likeness (QED) is 0.865. The molecule has 0 spiro atoms. The van der Waals surface area contributed by atoms with Crippen LogP contribution in [0.4, 0.5) is 0 Å². The fourth-order valence-electron chi connectivity index (χ4n) is 2.75. The van der Waals surface area contributed by atoms with E-state index in [1.165, 1.54) is 12.8 Å². The zero-order chi connectivity index (χ0) is 13.9. The maximum absolute atomic E-state index is 12.3. The van der Waals surface area contributed by atoms with Crippen molar-refractivity contribution >= 4 is 10.0 Å². The van der Waals surface area contributed by atoms with Crippen LogP contribution < -0.4 is 10.5 Å². The van der Waals surface area contributed by atoms with Crippen LogP contribution in [0.2, 0.25) is 0 Å². The maximum atomic E-state index is 12.3. The van der Waals surface area contributed by atoms with Crippen LogP contribution in [-0.2, 0) is 10.0 Å². The molecule has 2 rings (SSSR count). The Morgan fingerprint density at radius 1 is 1.37 bits per heavy atom. The summed E-state index contributed by atoms with van der Waals surface area (Å²) in [5.74, 6) is 0.379. The number of aryl methyl sites for hydroxylation is 1. The second-order valence-corrected chi connectivity index (χ2v) is 7.04. The van der Waals surface area contributed by atoms with Crippen LogP contribution in [0.5, 0.6) is 0 Å². The molecule has 1 aliphatic carbocycles. The number of rotatable bonds is 5. The third-order valence-electron chi connectivity index (χ3n) is 3.83. The Labute approximate surface area is 115 Å². The van der Waals surface area contributed by atoms with Crippen LogP contribution in [-0.4, -0.2) is 21.0 Å². The number of nitrogens with two attached hydrogens (primary N) is 1. The van der Waals surface area contributed by atoms with Crippen molar-refractivity contribution in [3.05, 3.63) is 29.8 Å². The minimum atomic E-state index is -3.46. The highest BCUT2D eigenvalue weighted by atomic mass is 32.2. The number of nitrogens with one attached hydrogen (secondary N) is 1. The summed E-state index contributed by atoms with van der Waals surface area (Å²) in [7, 11) is -3.46. The topological polar surface area (TPSA) is 72.2 Å². The Balaban J connectivity index is 2.15. The van der Waals surface area contributed by atoms with Crippen LogP contribution in [0, 0.1) is 12.8 Å². The molecule has 0 heterocycles. The lowest BCUT2D eigenvalue weighted by Crippen LogP contribution is -2.44. The van der Waals surface area contributed by atoms with Gasteiger partial charge in [-0.2, -0.15) is 0 Å². The van der Waals surface area contributed by atoms with Crippen LogP contribution in [0.1, 0.15) is 31.2 Å². The summed E-state index contributed by atoms with van der Waals surface area (Å²) in [6, 6.07) is 6.81. The monoisotopic (exact) mass is 282 g/mol. The predicted molar refractivity (Wildman–Crippen MR) is 76.3 cm³/mol. The lowest BCUT2D eigenvalue weighted by atomic mass is 9.99. The molecule has 1 saturated carbocycles. The summed E-state index contributed by atoms with van der Waals surface area (Å²) in [5, 5.41) is 0. The lowest BCUT2D eigenvalue weighted by Gasteiger charge is -2.23. The first-order chi connectivity index (χ1) is 9.03. The standard InChI is InChI=1S/C14H22N2O2S/c1-11-5-4-8-13(9-11)19(17,18)16-14(10-15)12-6-2-3-7-12/h4-5,8-9,12,14,16H,2-3,6-7,10,15H2,1H3. The minimum Gasteiger partial charge on any atom is -0.329 e. The molecule has 0 aromatic heterocycles. The first-order valence-corrected chi connectivity index (χ1v) is 8.30. The molecule has 0 saturated heterocycles. The van der Waals surface area contributed by atoms with Crippen molar-refractivity contribution in [3.8, 4) is 0 Å². The van der Waals surface area contributed by atoms with E-state index in [9.17, 15) is 8.42 Å². The number of benzene rings is 1. The molecule has 1 fully saturated rings. The molecular formula is C14H22N2O2S. The zero-order valence-electron chi connectivity index (χ0n) is 11.3. The van der Waals surface area contributed by atoms with E-state index in [0.29, 0.717) is 17.4 Å². The van der Waals surface area contributed by atoms with Gasteiger partial charge in [0, 0.05) is 12.6 Å². The van der Waals surface area contributed by atoms with E-state index in [-0.39, 0.29) is 6.04 Å². The van der Waals surface area contributed by atoms with Gasteiger partial charge >= 0.3 is 0 Å². The van der Waals surface area contributed by atoms with E-state index in [2.05, 4.69) is 4.72 Å². The molecule has 0 aliphatic heterocycles. The van der Waals surface area contributed by atoms with Gasteiger partial charge in [-0.3, -0.25) is 0 Å². The molecule has 0 radical (unpaired) electrons. The highest BCUT2D eigenvalue weighted by molar-refractivity contribution is 7.89. The third-order valence-corrected chi connectivity index (χ3v) is 5.32. The van der Waals surface area contributed by atoms with Crippen molar-refractivity contribution in [1.82, 2.24) is 4.72 Å². The van der Waals surface area contributed by atoms with Gasteiger partial charge in [-0.15, -0.1) is 0 Å². The average Bonchev–Trinajstić information content (AvgIpc) is 2.90.